The Morgan fingerprint density at radius 2 is 1.78 bits per heavy atom. The van der Waals surface area contributed by atoms with Crippen molar-refractivity contribution in [3.63, 3.8) is 0 Å². The maximum Gasteiger partial charge on any atom is 0.256 e. The highest BCUT2D eigenvalue weighted by Crippen LogP contribution is 2.26. The summed E-state index contributed by atoms with van der Waals surface area (Å²) in [6, 6.07) is 11.0. The number of benzene rings is 2. The molecule has 1 heterocycles. The molecule has 0 atom stereocenters. The fraction of sp³-hybridized carbons (Fsp3) is 0.263. The second-order valence-corrected chi connectivity index (χ2v) is 9.14. The van der Waals surface area contributed by atoms with Crippen LogP contribution in [0, 0.1) is 0 Å². The summed E-state index contributed by atoms with van der Waals surface area (Å²) in [6.07, 6.45) is 1.69. The zero-order valence-corrected chi connectivity index (χ0v) is 17.1. The van der Waals surface area contributed by atoms with Crippen LogP contribution in [0.15, 0.2) is 51.8 Å². The lowest BCUT2D eigenvalue weighted by molar-refractivity contribution is 0.101. The van der Waals surface area contributed by atoms with Gasteiger partial charge in [-0.15, -0.1) is 0 Å². The fourth-order valence-electron chi connectivity index (χ4n) is 2.93. The van der Waals surface area contributed by atoms with E-state index in [1.54, 1.807) is 30.3 Å². The van der Waals surface area contributed by atoms with Crippen LogP contribution in [0.3, 0.4) is 0 Å². The summed E-state index contributed by atoms with van der Waals surface area (Å²) in [6.45, 7) is 2.44. The third-order valence-electron chi connectivity index (χ3n) is 4.41. The molecule has 0 aromatic heterocycles. The van der Waals surface area contributed by atoms with Crippen LogP contribution in [-0.4, -0.2) is 37.5 Å². The molecular formula is C19H19BrN2O4S. The van der Waals surface area contributed by atoms with E-state index in [9.17, 15) is 18.0 Å². The van der Waals surface area contributed by atoms with Crippen LogP contribution in [0.5, 0.6) is 0 Å². The summed E-state index contributed by atoms with van der Waals surface area (Å²) in [4.78, 5) is 24.3. The van der Waals surface area contributed by atoms with E-state index >= 15 is 0 Å². The molecular weight excluding hydrogens is 432 g/mol. The van der Waals surface area contributed by atoms with Crippen molar-refractivity contribution in [3.8, 4) is 0 Å². The van der Waals surface area contributed by atoms with Gasteiger partial charge < -0.3 is 5.32 Å². The molecule has 0 spiro atoms. The first-order valence-corrected chi connectivity index (χ1v) is 10.7. The van der Waals surface area contributed by atoms with E-state index in [0.717, 1.165) is 12.8 Å². The van der Waals surface area contributed by atoms with E-state index in [0.29, 0.717) is 28.8 Å². The Kier molecular flexibility index (Phi) is 5.78. The zero-order valence-electron chi connectivity index (χ0n) is 14.7. The Morgan fingerprint density at radius 3 is 2.44 bits per heavy atom. The van der Waals surface area contributed by atoms with Crippen molar-refractivity contribution in [2.45, 2.75) is 24.7 Å². The highest BCUT2D eigenvalue weighted by Gasteiger charge is 2.28. The molecule has 2 aromatic carbocycles. The number of nitrogens with zero attached hydrogens (tertiary/aromatic N) is 1. The van der Waals surface area contributed by atoms with Crippen molar-refractivity contribution in [1.29, 1.82) is 0 Å². The minimum absolute atomic E-state index is 0.0928. The van der Waals surface area contributed by atoms with Crippen LogP contribution < -0.4 is 5.32 Å². The average molecular weight is 451 g/mol. The molecule has 0 radical (unpaired) electrons. The maximum absolute atomic E-state index is 12.7. The quantitative estimate of drug-likeness (QED) is 0.703. The SMILES string of the molecule is CC(=O)c1cccc(NC(=O)c2cc(S(=O)(=O)N3CCCC3)ccc2Br)c1. The third-order valence-corrected chi connectivity index (χ3v) is 7.00. The number of ketones is 1. The van der Waals surface area contributed by atoms with Crippen LogP contribution in [0.2, 0.25) is 0 Å². The number of sulfonamides is 1. The van der Waals surface area contributed by atoms with Crippen LogP contribution in [0.25, 0.3) is 0 Å². The molecule has 0 unspecified atom stereocenters. The fourth-order valence-corrected chi connectivity index (χ4v) is 4.90. The molecule has 1 fully saturated rings. The van der Waals surface area contributed by atoms with Gasteiger partial charge in [0, 0.05) is 28.8 Å². The molecule has 6 nitrogen and oxygen atoms in total. The number of amides is 1. The third kappa shape index (κ3) is 4.28. The Morgan fingerprint density at radius 1 is 1.07 bits per heavy atom. The minimum Gasteiger partial charge on any atom is -0.322 e. The van der Waals surface area contributed by atoms with Gasteiger partial charge >= 0.3 is 0 Å². The second-order valence-electron chi connectivity index (χ2n) is 6.34. The summed E-state index contributed by atoms with van der Waals surface area (Å²) in [5.41, 5.74) is 1.16. The molecule has 2 aromatic rings. The Balaban J connectivity index is 1.89. The standard InChI is InChI=1S/C19H19BrN2O4S/c1-13(23)14-5-4-6-15(11-14)21-19(24)17-12-16(7-8-18(17)20)27(25,26)22-9-2-3-10-22/h4-8,11-12H,2-3,9-10H2,1H3,(H,21,24). The average Bonchev–Trinajstić information content (AvgIpc) is 3.17. The van der Waals surface area contributed by atoms with Gasteiger partial charge in [-0.2, -0.15) is 4.31 Å². The van der Waals surface area contributed by atoms with Crippen molar-refractivity contribution in [2.75, 3.05) is 18.4 Å². The molecule has 0 bridgehead atoms. The van der Waals surface area contributed by atoms with Crippen LogP contribution in [-0.2, 0) is 10.0 Å². The Labute approximate surface area is 166 Å². The topological polar surface area (TPSA) is 83.5 Å². The van der Waals surface area contributed by atoms with Gasteiger partial charge in [0.05, 0.1) is 10.5 Å². The number of halogens is 1. The highest BCUT2D eigenvalue weighted by atomic mass is 79.9. The monoisotopic (exact) mass is 450 g/mol. The Bertz CT molecular complexity index is 999. The molecule has 1 amide bonds. The number of carbonyl (C=O) groups is 2. The van der Waals surface area contributed by atoms with E-state index in [2.05, 4.69) is 21.2 Å². The van der Waals surface area contributed by atoms with Crippen LogP contribution in [0.4, 0.5) is 5.69 Å². The number of anilines is 1. The summed E-state index contributed by atoms with van der Waals surface area (Å²) in [7, 11) is -3.61. The number of hydrogen-bond donors (Lipinski definition) is 1. The second kappa shape index (κ2) is 7.92. The molecule has 0 aliphatic carbocycles. The number of Topliss-reactive ketones (excluding diaryl/α,β-unsaturated/α-hetero) is 1. The molecule has 1 saturated heterocycles. The molecule has 3 rings (SSSR count). The van der Waals surface area contributed by atoms with Crippen molar-refractivity contribution < 1.29 is 18.0 Å². The summed E-state index contributed by atoms with van der Waals surface area (Å²) in [5, 5.41) is 2.71. The molecule has 0 saturated carbocycles. The van der Waals surface area contributed by atoms with E-state index in [1.165, 1.54) is 23.4 Å². The van der Waals surface area contributed by atoms with E-state index in [4.69, 9.17) is 0 Å². The first-order chi connectivity index (χ1) is 12.8. The van der Waals surface area contributed by atoms with Gasteiger partial charge in [0.25, 0.3) is 5.91 Å². The van der Waals surface area contributed by atoms with Crippen LogP contribution >= 0.6 is 15.9 Å². The van der Waals surface area contributed by atoms with Gasteiger partial charge in [-0.3, -0.25) is 9.59 Å². The van der Waals surface area contributed by atoms with E-state index in [-0.39, 0.29) is 16.2 Å². The molecule has 1 aliphatic rings. The van der Waals surface area contributed by atoms with Crippen molar-refractivity contribution in [1.82, 2.24) is 4.31 Å². The molecule has 142 valence electrons. The lowest BCUT2D eigenvalue weighted by Gasteiger charge is -2.16. The lowest BCUT2D eigenvalue weighted by atomic mass is 10.1. The highest BCUT2D eigenvalue weighted by molar-refractivity contribution is 9.10. The largest absolute Gasteiger partial charge is 0.322 e. The predicted octanol–water partition coefficient (Wildman–Crippen LogP) is 3.69. The van der Waals surface area contributed by atoms with Crippen molar-refractivity contribution >= 4 is 43.3 Å². The number of carbonyl (C=O) groups excluding carboxylic acids is 2. The van der Waals surface area contributed by atoms with Gasteiger partial charge in [0.2, 0.25) is 10.0 Å². The zero-order chi connectivity index (χ0) is 19.6. The molecule has 8 heteroatoms. The maximum atomic E-state index is 12.7. The summed E-state index contributed by atoms with van der Waals surface area (Å²) < 4.78 is 27.4. The summed E-state index contributed by atoms with van der Waals surface area (Å²) >= 11 is 3.31. The number of nitrogens with one attached hydrogen (secondary N) is 1. The van der Waals surface area contributed by atoms with Gasteiger partial charge in [-0.05, 0) is 66.0 Å². The van der Waals surface area contributed by atoms with Crippen molar-refractivity contribution in [3.05, 3.63) is 58.1 Å². The lowest BCUT2D eigenvalue weighted by Crippen LogP contribution is -2.28. The normalized spacial score (nSPS) is 14.9. The minimum atomic E-state index is -3.61. The summed E-state index contributed by atoms with van der Waals surface area (Å²) in [5.74, 6) is -0.563. The van der Waals surface area contributed by atoms with E-state index in [1.807, 2.05) is 0 Å². The van der Waals surface area contributed by atoms with Crippen molar-refractivity contribution in [2.24, 2.45) is 0 Å². The first-order valence-electron chi connectivity index (χ1n) is 8.51. The number of rotatable bonds is 5. The number of hydrogen-bond acceptors (Lipinski definition) is 4. The van der Waals surface area contributed by atoms with Crippen LogP contribution in [0.1, 0.15) is 40.5 Å². The van der Waals surface area contributed by atoms with Gasteiger partial charge in [0.15, 0.2) is 5.78 Å². The molecule has 1 aliphatic heterocycles. The predicted molar refractivity (Wildman–Crippen MR) is 107 cm³/mol. The van der Waals surface area contributed by atoms with Gasteiger partial charge in [-0.1, -0.05) is 12.1 Å². The van der Waals surface area contributed by atoms with Gasteiger partial charge in [0.1, 0.15) is 0 Å². The first kappa shape index (κ1) is 19.7. The van der Waals surface area contributed by atoms with Gasteiger partial charge in [-0.25, -0.2) is 8.42 Å². The Hall–Kier alpha value is -2.03. The smallest absolute Gasteiger partial charge is 0.256 e. The molecule has 1 N–H and O–H groups in total. The van der Waals surface area contributed by atoms with E-state index < -0.39 is 15.9 Å². The molecule has 27 heavy (non-hydrogen) atoms.